The second-order valence-corrected chi connectivity index (χ2v) is 5.28. The van der Waals surface area contributed by atoms with Crippen LogP contribution in [0.25, 0.3) is 22.4 Å². The summed E-state index contributed by atoms with van der Waals surface area (Å²) in [7, 11) is 0. The van der Waals surface area contributed by atoms with Crippen LogP contribution in [0, 0.1) is 0 Å². The molecular weight excluding hydrogens is 252 g/mol. The molecule has 0 bridgehead atoms. The maximum absolute atomic E-state index is 5.34. The van der Waals surface area contributed by atoms with Crippen molar-refractivity contribution in [2.24, 2.45) is 0 Å². The van der Waals surface area contributed by atoms with Crippen LogP contribution in [0.1, 0.15) is 18.7 Å². The van der Waals surface area contributed by atoms with Gasteiger partial charge in [-0.2, -0.15) is 0 Å². The molecule has 1 aromatic carbocycles. The first-order valence-corrected chi connectivity index (χ1v) is 6.99. The van der Waals surface area contributed by atoms with Crippen LogP contribution in [0.15, 0.2) is 35.2 Å². The molecule has 5 nitrogen and oxygen atoms in total. The quantitative estimate of drug-likeness (QED) is 0.766. The SMILES string of the molecule is c1nc2ccc(-c3cnc(CC4CCCN4)[nH]3)cc2o1. The lowest BCUT2D eigenvalue weighted by Crippen LogP contribution is -2.24. The van der Waals surface area contributed by atoms with Crippen molar-refractivity contribution in [1.29, 1.82) is 0 Å². The zero-order chi connectivity index (χ0) is 13.4. The van der Waals surface area contributed by atoms with Crippen molar-refractivity contribution >= 4 is 11.1 Å². The van der Waals surface area contributed by atoms with Crippen molar-refractivity contribution in [2.45, 2.75) is 25.3 Å². The summed E-state index contributed by atoms with van der Waals surface area (Å²) >= 11 is 0. The Hall–Kier alpha value is -2.14. The van der Waals surface area contributed by atoms with E-state index in [2.05, 4.69) is 20.3 Å². The molecule has 3 heterocycles. The number of hydrogen-bond acceptors (Lipinski definition) is 4. The van der Waals surface area contributed by atoms with Crippen molar-refractivity contribution in [2.75, 3.05) is 6.54 Å². The highest BCUT2D eigenvalue weighted by atomic mass is 16.3. The van der Waals surface area contributed by atoms with Gasteiger partial charge in [0, 0.05) is 18.0 Å². The average Bonchev–Trinajstić information content (AvgIpc) is 3.19. The van der Waals surface area contributed by atoms with Crippen LogP contribution in [-0.2, 0) is 6.42 Å². The number of nitrogens with zero attached hydrogens (tertiary/aromatic N) is 2. The van der Waals surface area contributed by atoms with Gasteiger partial charge in [0.25, 0.3) is 0 Å². The van der Waals surface area contributed by atoms with Gasteiger partial charge in [0.15, 0.2) is 12.0 Å². The van der Waals surface area contributed by atoms with Crippen LogP contribution in [0.4, 0.5) is 0 Å². The minimum Gasteiger partial charge on any atom is -0.443 e. The van der Waals surface area contributed by atoms with Crippen LogP contribution < -0.4 is 5.32 Å². The number of nitrogens with one attached hydrogen (secondary N) is 2. The van der Waals surface area contributed by atoms with Crippen LogP contribution in [0.3, 0.4) is 0 Å². The van der Waals surface area contributed by atoms with Crippen LogP contribution in [0.5, 0.6) is 0 Å². The molecule has 2 aromatic heterocycles. The van der Waals surface area contributed by atoms with E-state index < -0.39 is 0 Å². The van der Waals surface area contributed by atoms with Gasteiger partial charge in [-0.05, 0) is 31.5 Å². The molecule has 1 saturated heterocycles. The molecule has 0 aliphatic carbocycles. The number of rotatable bonds is 3. The Morgan fingerprint density at radius 2 is 2.30 bits per heavy atom. The molecule has 1 fully saturated rings. The maximum atomic E-state index is 5.34. The minimum absolute atomic E-state index is 0.561. The molecule has 1 aliphatic heterocycles. The fourth-order valence-corrected chi connectivity index (χ4v) is 2.80. The first-order valence-electron chi connectivity index (χ1n) is 6.99. The zero-order valence-electron chi connectivity index (χ0n) is 11.1. The topological polar surface area (TPSA) is 66.7 Å². The molecule has 20 heavy (non-hydrogen) atoms. The Morgan fingerprint density at radius 1 is 1.30 bits per heavy atom. The predicted octanol–water partition coefficient (Wildman–Crippen LogP) is 2.51. The number of benzene rings is 1. The summed E-state index contributed by atoms with van der Waals surface area (Å²) < 4.78 is 5.34. The summed E-state index contributed by atoms with van der Waals surface area (Å²) in [5, 5.41) is 3.49. The van der Waals surface area contributed by atoms with Crippen molar-refractivity contribution < 1.29 is 4.42 Å². The molecule has 0 amide bonds. The molecule has 1 aliphatic rings. The Morgan fingerprint density at radius 3 is 3.20 bits per heavy atom. The summed E-state index contributed by atoms with van der Waals surface area (Å²) in [6, 6.07) is 6.56. The summed E-state index contributed by atoms with van der Waals surface area (Å²) in [6.07, 6.45) is 6.82. The number of aromatic nitrogens is 3. The fraction of sp³-hybridized carbons (Fsp3) is 0.333. The van der Waals surface area contributed by atoms with E-state index in [-0.39, 0.29) is 0 Å². The van der Waals surface area contributed by atoms with Crippen LogP contribution >= 0.6 is 0 Å². The molecule has 3 aromatic rings. The molecule has 4 rings (SSSR count). The highest BCUT2D eigenvalue weighted by molar-refractivity contribution is 5.78. The maximum Gasteiger partial charge on any atom is 0.181 e. The molecule has 1 atom stereocenters. The molecule has 0 spiro atoms. The largest absolute Gasteiger partial charge is 0.443 e. The van der Waals surface area contributed by atoms with E-state index >= 15 is 0 Å². The van der Waals surface area contributed by atoms with Gasteiger partial charge in [0.2, 0.25) is 0 Å². The summed E-state index contributed by atoms with van der Waals surface area (Å²) in [5.41, 5.74) is 3.78. The van der Waals surface area contributed by atoms with Gasteiger partial charge in [-0.3, -0.25) is 0 Å². The van der Waals surface area contributed by atoms with E-state index in [1.807, 2.05) is 24.4 Å². The highest BCUT2D eigenvalue weighted by Gasteiger charge is 2.16. The third-order valence-corrected chi connectivity index (χ3v) is 3.87. The second-order valence-electron chi connectivity index (χ2n) is 5.28. The Bertz CT molecular complexity index is 724. The number of hydrogen-bond donors (Lipinski definition) is 2. The van der Waals surface area contributed by atoms with Gasteiger partial charge in [0.05, 0.1) is 11.9 Å². The Balaban J connectivity index is 1.59. The Labute approximate surface area is 116 Å². The highest BCUT2D eigenvalue weighted by Crippen LogP contribution is 2.23. The van der Waals surface area contributed by atoms with Crippen LogP contribution in [-0.4, -0.2) is 27.5 Å². The van der Waals surface area contributed by atoms with Gasteiger partial charge < -0.3 is 14.7 Å². The Kier molecular flexibility index (Phi) is 2.77. The standard InChI is InChI=1S/C15H16N4O/c1-2-11(16-5-1)7-15-17-8-13(19-15)10-3-4-12-14(6-10)20-9-18-12/h3-4,6,8-9,11,16H,1-2,5,7H2,(H,17,19). The monoisotopic (exact) mass is 268 g/mol. The van der Waals surface area contributed by atoms with Gasteiger partial charge in [-0.25, -0.2) is 9.97 Å². The lowest BCUT2D eigenvalue weighted by atomic mass is 10.1. The van der Waals surface area contributed by atoms with E-state index in [1.165, 1.54) is 19.2 Å². The van der Waals surface area contributed by atoms with Crippen LogP contribution in [0.2, 0.25) is 0 Å². The van der Waals surface area contributed by atoms with Gasteiger partial charge in [0.1, 0.15) is 11.3 Å². The third-order valence-electron chi connectivity index (χ3n) is 3.87. The predicted molar refractivity (Wildman–Crippen MR) is 76.3 cm³/mol. The molecular formula is C15H16N4O. The summed E-state index contributed by atoms with van der Waals surface area (Å²) in [5.74, 6) is 1.04. The molecule has 5 heteroatoms. The number of fused-ring (bicyclic) bond motifs is 1. The van der Waals surface area contributed by atoms with Gasteiger partial charge in [-0.15, -0.1) is 0 Å². The molecule has 0 saturated carbocycles. The van der Waals surface area contributed by atoms with Crippen molar-refractivity contribution in [3.8, 4) is 11.3 Å². The average molecular weight is 268 g/mol. The number of H-pyrrole nitrogens is 1. The van der Waals surface area contributed by atoms with Gasteiger partial charge in [-0.1, -0.05) is 6.07 Å². The van der Waals surface area contributed by atoms with E-state index in [1.54, 1.807) is 0 Å². The lowest BCUT2D eigenvalue weighted by molar-refractivity contribution is 0.588. The molecule has 1 unspecified atom stereocenters. The number of imidazole rings is 1. The first kappa shape index (κ1) is 11.7. The molecule has 102 valence electrons. The van der Waals surface area contributed by atoms with Crippen molar-refractivity contribution in [3.63, 3.8) is 0 Å². The second kappa shape index (κ2) is 4.76. The minimum atomic E-state index is 0.561. The summed E-state index contributed by atoms with van der Waals surface area (Å²) in [4.78, 5) is 12.0. The smallest absolute Gasteiger partial charge is 0.181 e. The number of oxazole rings is 1. The van der Waals surface area contributed by atoms with E-state index in [0.717, 1.165) is 41.1 Å². The van der Waals surface area contributed by atoms with E-state index in [4.69, 9.17) is 4.42 Å². The van der Waals surface area contributed by atoms with Gasteiger partial charge >= 0.3 is 0 Å². The normalized spacial score (nSPS) is 18.9. The van der Waals surface area contributed by atoms with Crippen molar-refractivity contribution in [3.05, 3.63) is 36.6 Å². The first-order chi connectivity index (χ1) is 9.88. The fourth-order valence-electron chi connectivity index (χ4n) is 2.80. The van der Waals surface area contributed by atoms with E-state index in [0.29, 0.717) is 6.04 Å². The third kappa shape index (κ3) is 2.10. The van der Waals surface area contributed by atoms with E-state index in [9.17, 15) is 0 Å². The molecule has 2 N–H and O–H groups in total. The molecule has 0 radical (unpaired) electrons. The van der Waals surface area contributed by atoms with Crippen molar-refractivity contribution in [1.82, 2.24) is 20.3 Å². The lowest BCUT2D eigenvalue weighted by Gasteiger charge is -2.06. The zero-order valence-corrected chi connectivity index (χ0v) is 11.1. The summed E-state index contributed by atoms with van der Waals surface area (Å²) in [6.45, 7) is 1.13. The number of aromatic amines is 1.